The number of amides is 1. The van der Waals surface area contributed by atoms with Gasteiger partial charge in [-0.25, -0.2) is 0 Å². The average molecular weight is 351 g/mol. The number of carbonyl (C=O) groups excluding carboxylic acids is 1. The van der Waals surface area contributed by atoms with Crippen LogP contribution in [-0.2, 0) is 4.79 Å². The Morgan fingerprint density at radius 3 is 2.50 bits per heavy atom. The molecule has 0 fully saturated rings. The third-order valence-corrected chi connectivity index (χ3v) is 4.05. The molecule has 3 rings (SSSR count). The average Bonchev–Trinajstić information content (AvgIpc) is 3.20. The first-order valence-electron chi connectivity index (χ1n) is 8.51. The fourth-order valence-electron chi connectivity index (χ4n) is 2.60. The molecule has 1 aromatic heterocycles. The van der Waals surface area contributed by atoms with Crippen molar-refractivity contribution < 1.29 is 13.9 Å². The van der Waals surface area contributed by atoms with E-state index in [1.165, 1.54) is 12.0 Å². The van der Waals surface area contributed by atoms with Crippen LogP contribution in [0.15, 0.2) is 59.3 Å². The van der Waals surface area contributed by atoms with E-state index in [2.05, 4.69) is 15.5 Å². The Bertz CT molecular complexity index is 828. The van der Waals surface area contributed by atoms with Crippen LogP contribution in [0.5, 0.6) is 5.75 Å². The van der Waals surface area contributed by atoms with Crippen LogP contribution in [0.3, 0.4) is 0 Å². The smallest absolute Gasteiger partial charge is 0.258 e. The number of carbonyl (C=O) groups is 1. The molecule has 1 heterocycles. The zero-order valence-corrected chi connectivity index (χ0v) is 14.8. The molecule has 0 unspecified atom stereocenters. The number of aromatic nitrogens is 2. The molecule has 0 spiro atoms. The summed E-state index contributed by atoms with van der Waals surface area (Å²) >= 11 is 0. The number of nitrogens with one attached hydrogen (secondary N) is 1. The molecule has 0 bridgehead atoms. The predicted molar refractivity (Wildman–Crippen MR) is 97.6 cm³/mol. The van der Waals surface area contributed by atoms with Crippen molar-refractivity contribution in [2.45, 2.75) is 26.3 Å². The maximum atomic E-state index is 12.2. The standard InChI is InChI=1S/C20H21N3O3/c1-3-18(15-6-4-14(2)5-7-15)22-19(24)12-25-17-10-8-16(9-11-17)20-23-21-13-26-20/h4-11,13,18H,3,12H2,1-2H3,(H,22,24)/t18-/m1/s1. The van der Waals surface area contributed by atoms with Gasteiger partial charge in [-0.2, -0.15) is 0 Å². The van der Waals surface area contributed by atoms with E-state index in [1.54, 1.807) is 12.1 Å². The largest absolute Gasteiger partial charge is 0.484 e. The molecule has 1 amide bonds. The Kier molecular flexibility index (Phi) is 5.63. The minimum atomic E-state index is -0.154. The van der Waals surface area contributed by atoms with E-state index in [0.717, 1.165) is 17.5 Å². The van der Waals surface area contributed by atoms with Gasteiger partial charge in [-0.05, 0) is 43.2 Å². The van der Waals surface area contributed by atoms with Crippen LogP contribution in [0.25, 0.3) is 11.5 Å². The Balaban J connectivity index is 1.54. The molecule has 2 aromatic carbocycles. The van der Waals surface area contributed by atoms with Crippen molar-refractivity contribution in [2.75, 3.05) is 6.61 Å². The molecule has 3 aromatic rings. The molecule has 6 nitrogen and oxygen atoms in total. The van der Waals surface area contributed by atoms with Gasteiger partial charge in [-0.3, -0.25) is 4.79 Å². The van der Waals surface area contributed by atoms with Crippen LogP contribution in [0.1, 0.15) is 30.5 Å². The minimum absolute atomic E-state index is 0.0217. The zero-order chi connectivity index (χ0) is 18.4. The second kappa shape index (κ2) is 8.29. The maximum Gasteiger partial charge on any atom is 0.258 e. The Morgan fingerprint density at radius 1 is 1.15 bits per heavy atom. The van der Waals surface area contributed by atoms with Crippen molar-refractivity contribution in [3.05, 3.63) is 66.1 Å². The lowest BCUT2D eigenvalue weighted by atomic mass is 10.0. The first kappa shape index (κ1) is 17.7. The topological polar surface area (TPSA) is 77.2 Å². The zero-order valence-electron chi connectivity index (χ0n) is 14.8. The number of rotatable bonds is 7. The van der Waals surface area contributed by atoms with Gasteiger partial charge >= 0.3 is 0 Å². The van der Waals surface area contributed by atoms with Crippen molar-refractivity contribution in [3.8, 4) is 17.2 Å². The second-order valence-electron chi connectivity index (χ2n) is 6.00. The molecule has 0 saturated heterocycles. The SMILES string of the molecule is CC[C@@H](NC(=O)COc1ccc(-c2nnco2)cc1)c1ccc(C)cc1. The molecule has 0 radical (unpaired) electrons. The first-order valence-corrected chi connectivity index (χ1v) is 8.51. The molecule has 0 aliphatic rings. The van der Waals surface area contributed by atoms with Gasteiger partial charge in [0, 0.05) is 5.56 Å². The number of hydrogen-bond donors (Lipinski definition) is 1. The Hall–Kier alpha value is -3.15. The van der Waals surface area contributed by atoms with Crippen LogP contribution >= 0.6 is 0 Å². The summed E-state index contributed by atoms with van der Waals surface area (Å²) in [5.41, 5.74) is 3.09. The highest BCUT2D eigenvalue weighted by molar-refractivity contribution is 5.78. The van der Waals surface area contributed by atoms with Crippen molar-refractivity contribution >= 4 is 5.91 Å². The number of benzene rings is 2. The van der Waals surface area contributed by atoms with Crippen LogP contribution in [-0.4, -0.2) is 22.7 Å². The normalized spacial score (nSPS) is 11.8. The Morgan fingerprint density at radius 2 is 1.88 bits per heavy atom. The number of nitrogens with zero attached hydrogens (tertiary/aromatic N) is 2. The van der Waals surface area contributed by atoms with E-state index in [1.807, 2.05) is 50.2 Å². The van der Waals surface area contributed by atoms with Crippen LogP contribution in [0.2, 0.25) is 0 Å². The highest BCUT2D eigenvalue weighted by atomic mass is 16.5. The molecule has 1 atom stereocenters. The van der Waals surface area contributed by atoms with Crippen molar-refractivity contribution in [3.63, 3.8) is 0 Å². The van der Waals surface area contributed by atoms with E-state index < -0.39 is 0 Å². The molecule has 26 heavy (non-hydrogen) atoms. The summed E-state index contributed by atoms with van der Waals surface area (Å²) in [6.07, 6.45) is 2.09. The van der Waals surface area contributed by atoms with Crippen molar-refractivity contribution in [1.29, 1.82) is 0 Å². The van der Waals surface area contributed by atoms with Gasteiger partial charge in [0.15, 0.2) is 6.61 Å². The summed E-state index contributed by atoms with van der Waals surface area (Å²) in [6.45, 7) is 4.05. The van der Waals surface area contributed by atoms with E-state index in [9.17, 15) is 4.79 Å². The molecular formula is C20H21N3O3. The lowest BCUT2D eigenvalue weighted by molar-refractivity contribution is -0.123. The third-order valence-electron chi connectivity index (χ3n) is 4.05. The summed E-state index contributed by atoms with van der Waals surface area (Å²) in [5, 5.41) is 10.5. The van der Waals surface area contributed by atoms with Gasteiger partial charge in [0.1, 0.15) is 5.75 Å². The van der Waals surface area contributed by atoms with E-state index >= 15 is 0 Å². The lowest BCUT2D eigenvalue weighted by Crippen LogP contribution is -2.32. The molecule has 0 aliphatic carbocycles. The van der Waals surface area contributed by atoms with E-state index in [-0.39, 0.29) is 18.6 Å². The number of aryl methyl sites for hydroxylation is 1. The number of hydrogen-bond acceptors (Lipinski definition) is 5. The van der Waals surface area contributed by atoms with E-state index in [0.29, 0.717) is 11.6 Å². The van der Waals surface area contributed by atoms with Gasteiger partial charge in [0.05, 0.1) is 6.04 Å². The summed E-state index contributed by atoms with van der Waals surface area (Å²) < 4.78 is 10.7. The van der Waals surface area contributed by atoms with Crippen molar-refractivity contribution in [1.82, 2.24) is 15.5 Å². The van der Waals surface area contributed by atoms with E-state index in [4.69, 9.17) is 9.15 Å². The summed E-state index contributed by atoms with van der Waals surface area (Å²) in [7, 11) is 0. The molecule has 6 heteroatoms. The quantitative estimate of drug-likeness (QED) is 0.702. The van der Waals surface area contributed by atoms with Crippen LogP contribution in [0.4, 0.5) is 0 Å². The summed E-state index contributed by atoms with van der Waals surface area (Å²) in [6, 6.07) is 15.3. The van der Waals surface area contributed by atoms with Gasteiger partial charge < -0.3 is 14.5 Å². The lowest BCUT2D eigenvalue weighted by Gasteiger charge is -2.18. The van der Waals surface area contributed by atoms with Gasteiger partial charge in [-0.1, -0.05) is 36.8 Å². The summed E-state index contributed by atoms with van der Waals surface area (Å²) in [4.78, 5) is 12.2. The highest BCUT2D eigenvalue weighted by Crippen LogP contribution is 2.20. The molecule has 134 valence electrons. The van der Waals surface area contributed by atoms with Gasteiger partial charge in [0.2, 0.25) is 12.3 Å². The molecule has 1 N–H and O–H groups in total. The Labute approximate surface area is 152 Å². The number of ether oxygens (including phenoxy) is 1. The fourth-order valence-corrected chi connectivity index (χ4v) is 2.60. The first-order chi connectivity index (χ1) is 12.7. The van der Waals surface area contributed by atoms with Crippen LogP contribution < -0.4 is 10.1 Å². The molecular weight excluding hydrogens is 330 g/mol. The molecule has 0 aliphatic heterocycles. The monoisotopic (exact) mass is 351 g/mol. The van der Waals surface area contributed by atoms with Crippen LogP contribution in [0, 0.1) is 6.92 Å². The summed E-state index contributed by atoms with van der Waals surface area (Å²) in [5.74, 6) is 0.892. The van der Waals surface area contributed by atoms with Crippen molar-refractivity contribution in [2.24, 2.45) is 0 Å². The maximum absolute atomic E-state index is 12.2. The molecule has 0 saturated carbocycles. The second-order valence-corrected chi connectivity index (χ2v) is 6.00. The third kappa shape index (κ3) is 4.47. The highest BCUT2D eigenvalue weighted by Gasteiger charge is 2.13. The van der Waals surface area contributed by atoms with Gasteiger partial charge in [0.25, 0.3) is 5.91 Å². The van der Waals surface area contributed by atoms with Gasteiger partial charge in [-0.15, -0.1) is 10.2 Å². The minimum Gasteiger partial charge on any atom is -0.484 e. The fraction of sp³-hybridized carbons (Fsp3) is 0.250. The predicted octanol–water partition coefficient (Wildman–Crippen LogP) is 3.69.